The largest absolute Gasteiger partial charge is 0.456 e. The fourth-order valence-electron chi connectivity index (χ4n) is 9.71. The zero-order chi connectivity index (χ0) is 45.2. The first-order valence-electron chi connectivity index (χ1n) is 23.3. The molecule has 0 amide bonds. The molecule has 0 spiro atoms. The molecule has 0 unspecified atom stereocenters. The van der Waals surface area contributed by atoms with Gasteiger partial charge < -0.3 is 9.32 Å². The Bertz CT molecular complexity index is 3590. The number of hydrogen-bond donors (Lipinski definition) is 0. The van der Waals surface area contributed by atoms with Crippen LogP contribution in [-0.2, 0) is 5.41 Å². The van der Waals surface area contributed by atoms with Crippen molar-refractivity contribution >= 4 is 39.0 Å². The van der Waals surface area contributed by atoms with Crippen molar-refractivity contribution < 1.29 is 9.90 Å². The predicted octanol–water partition coefficient (Wildman–Crippen LogP) is 16.4. The molecule has 1 aromatic heterocycles. The summed E-state index contributed by atoms with van der Waals surface area (Å²) in [5, 5.41) is 1.78. The average molecular weight is 808 g/mol. The zero-order valence-corrected chi connectivity index (χ0v) is 34.2. The van der Waals surface area contributed by atoms with Crippen molar-refractivity contribution in [3.63, 3.8) is 0 Å². The number of furan rings is 1. The molecule has 11 aromatic rings. The van der Waals surface area contributed by atoms with E-state index in [1.165, 1.54) is 5.56 Å². The van der Waals surface area contributed by atoms with E-state index in [2.05, 4.69) is 140 Å². The summed E-state index contributed by atoms with van der Waals surface area (Å²) < 4.78 is 45.1. The third-order valence-corrected chi connectivity index (χ3v) is 12.7. The van der Waals surface area contributed by atoms with Crippen molar-refractivity contribution in [3.8, 4) is 44.5 Å². The maximum Gasteiger partial charge on any atom is 0.135 e. The van der Waals surface area contributed by atoms with Crippen molar-refractivity contribution in [2.45, 2.75) is 5.41 Å². The molecule has 0 saturated carbocycles. The molecule has 12 rings (SSSR count). The second-order valence-corrected chi connectivity index (χ2v) is 16.1. The molecular weight excluding hydrogens is 763 g/mol. The van der Waals surface area contributed by atoms with Gasteiger partial charge in [0.1, 0.15) is 11.2 Å². The highest BCUT2D eigenvalue weighted by atomic mass is 16.3. The van der Waals surface area contributed by atoms with Crippen LogP contribution in [0.4, 0.5) is 17.1 Å². The van der Waals surface area contributed by atoms with Gasteiger partial charge in [-0.3, -0.25) is 0 Å². The van der Waals surface area contributed by atoms with Crippen LogP contribution in [0.2, 0.25) is 0 Å². The molecular formula is C61H41NO. The Balaban J connectivity index is 1.06. The first-order valence-corrected chi connectivity index (χ1v) is 21.3. The lowest BCUT2D eigenvalue weighted by atomic mass is 9.67. The quantitative estimate of drug-likeness (QED) is 0.152. The number of nitrogens with zero attached hydrogens (tertiary/aromatic N) is 1. The van der Waals surface area contributed by atoms with Gasteiger partial charge in [0.05, 0.1) is 10.9 Å². The number of hydrogen-bond acceptors (Lipinski definition) is 2. The zero-order valence-electron chi connectivity index (χ0n) is 38.2. The van der Waals surface area contributed by atoms with Crippen molar-refractivity contribution in [3.05, 3.63) is 271 Å². The summed E-state index contributed by atoms with van der Waals surface area (Å²) in [7, 11) is 0. The van der Waals surface area contributed by atoms with Gasteiger partial charge in [-0.25, -0.2) is 0 Å². The van der Waals surface area contributed by atoms with Crippen LogP contribution in [0.15, 0.2) is 253 Å². The van der Waals surface area contributed by atoms with E-state index in [9.17, 15) is 5.48 Å². The predicted molar refractivity (Wildman–Crippen MR) is 262 cm³/mol. The standard InChI is InChI=1S/C61H41NO/c1-4-14-42(15-5-1)43-24-26-44(27-25-43)45-28-33-50(34-29-45)62(51-35-30-46(31-36-51)47-32-39-60-56(40-47)55-21-11-13-23-59(55)63-60)52-37-38-54-53-20-10-12-22-57(53)61(58(54)41-52,48-16-6-2-7-17-48)49-18-8-3-9-19-49/h1-41H/i30D,31D,35D,36D. The monoisotopic (exact) mass is 807 g/mol. The van der Waals surface area contributed by atoms with E-state index in [1.807, 2.05) is 89.8 Å². The third-order valence-electron chi connectivity index (χ3n) is 12.7. The minimum absolute atomic E-state index is 0.125. The van der Waals surface area contributed by atoms with Crippen LogP contribution < -0.4 is 4.90 Å². The fourth-order valence-corrected chi connectivity index (χ4v) is 9.71. The highest BCUT2D eigenvalue weighted by molar-refractivity contribution is 6.06. The molecule has 10 aromatic carbocycles. The van der Waals surface area contributed by atoms with E-state index in [1.54, 1.807) is 0 Å². The van der Waals surface area contributed by atoms with Crippen LogP contribution in [0.25, 0.3) is 66.4 Å². The Morgan fingerprint density at radius 2 is 0.841 bits per heavy atom. The second kappa shape index (κ2) is 15.1. The van der Waals surface area contributed by atoms with Crippen LogP contribution >= 0.6 is 0 Å². The lowest BCUT2D eigenvalue weighted by Crippen LogP contribution is -2.28. The first kappa shape index (κ1) is 32.6. The third kappa shape index (κ3) is 6.10. The molecule has 2 heteroatoms. The number of anilines is 3. The van der Waals surface area contributed by atoms with Crippen molar-refractivity contribution in [1.82, 2.24) is 0 Å². The van der Waals surface area contributed by atoms with Crippen LogP contribution in [0.3, 0.4) is 0 Å². The van der Waals surface area contributed by atoms with Crippen molar-refractivity contribution in [1.29, 1.82) is 0 Å². The Hall–Kier alpha value is -8.20. The molecule has 1 aliphatic rings. The molecule has 1 aliphatic carbocycles. The Morgan fingerprint density at radius 1 is 0.333 bits per heavy atom. The van der Waals surface area contributed by atoms with Crippen LogP contribution in [-0.4, -0.2) is 0 Å². The summed E-state index contributed by atoms with van der Waals surface area (Å²) in [6, 6.07) is 76.1. The van der Waals surface area contributed by atoms with E-state index in [-0.39, 0.29) is 35.4 Å². The molecule has 1 heterocycles. The summed E-state index contributed by atoms with van der Waals surface area (Å²) in [4.78, 5) is 1.91. The number of rotatable bonds is 8. The topological polar surface area (TPSA) is 16.4 Å². The molecule has 63 heavy (non-hydrogen) atoms. The number of para-hydroxylation sites is 1. The lowest BCUT2D eigenvalue weighted by Gasteiger charge is -2.35. The number of fused-ring (bicyclic) bond motifs is 6. The van der Waals surface area contributed by atoms with Gasteiger partial charge in [-0.1, -0.05) is 194 Å². The molecule has 2 nitrogen and oxygen atoms in total. The Labute approximate surface area is 373 Å². The Kier molecular flexibility index (Phi) is 7.78. The van der Waals surface area contributed by atoms with E-state index >= 15 is 0 Å². The van der Waals surface area contributed by atoms with Gasteiger partial charge in [0.25, 0.3) is 0 Å². The molecule has 0 aliphatic heterocycles. The summed E-state index contributed by atoms with van der Waals surface area (Å²) in [6.07, 6.45) is 0. The molecule has 0 atom stereocenters. The lowest BCUT2D eigenvalue weighted by molar-refractivity contribution is 0.669. The highest BCUT2D eigenvalue weighted by Crippen LogP contribution is 2.57. The summed E-state index contributed by atoms with van der Waals surface area (Å²) in [6.45, 7) is 0. The van der Waals surface area contributed by atoms with E-state index < -0.39 is 5.41 Å². The van der Waals surface area contributed by atoms with Gasteiger partial charge in [-0.15, -0.1) is 0 Å². The van der Waals surface area contributed by atoms with Gasteiger partial charge >= 0.3 is 0 Å². The van der Waals surface area contributed by atoms with Gasteiger partial charge in [0.2, 0.25) is 0 Å². The second-order valence-electron chi connectivity index (χ2n) is 16.1. The average Bonchev–Trinajstić information content (AvgIpc) is 3.91. The number of benzene rings is 10. The Morgan fingerprint density at radius 3 is 1.52 bits per heavy atom. The van der Waals surface area contributed by atoms with Crippen molar-refractivity contribution in [2.24, 2.45) is 0 Å². The van der Waals surface area contributed by atoms with Gasteiger partial charge in [0.15, 0.2) is 0 Å². The van der Waals surface area contributed by atoms with Crippen molar-refractivity contribution in [2.75, 3.05) is 4.90 Å². The van der Waals surface area contributed by atoms with Crippen LogP contribution in [0.5, 0.6) is 0 Å². The summed E-state index contributed by atoms with van der Waals surface area (Å²) in [5.74, 6) is 0. The van der Waals surface area contributed by atoms with E-state index in [0.717, 1.165) is 66.4 Å². The molecule has 0 fully saturated rings. The summed E-state index contributed by atoms with van der Waals surface area (Å²) in [5.41, 5.74) is 14.2. The van der Waals surface area contributed by atoms with Crippen LogP contribution in [0, 0.1) is 0 Å². The minimum Gasteiger partial charge on any atom is -0.456 e. The molecule has 0 radical (unpaired) electrons. The minimum atomic E-state index is -0.694. The van der Waals surface area contributed by atoms with Gasteiger partial charge in [-0.05, 0) is 121 Å². The first-order chi connectivity index (χ1) is 32.9. The van der Waals surface area contributed by atoms with Gasteiger partial charge in [0, 0.05) is 27.8 Å². The molecule has 0 N–H and O–H groups in total. The van der Waals surface area contributed by atoms with E-state index in [4.69, 9.17) is 4.42 Å². The SMILES string of the molecule is [2H]c1c([2H])c(N(c2ccc(-c3ccc(-c4ccccc4)cc3)cc2)c2ccc3c(c2)C(c2ccccc2)(c2ccccc2)c2ccccc2-3)c([2H])c([2H])c1-c1ccc2oc3ccccc3c2c1. The van der Waals surface area contributed by atoms with Crippen LogP contribution in [0.1, 0.15) is 27.7 Å². The normalized spacial score (nSPS) is 13.5. The van der Waals surface area contributed by atoms with Gasteiger partial charge in [-0.2, -0.15) is 0 Å². The molecule has 296 valence electrons. The molecule has 0 bridgehead atoms. The highest BCUT2D eigenvalue weighted by Gasteiger charge is 2.46. The molecule has 0 saturated heterocycles. The maximum absolute atomic E-state index is 9.84. The maximum atomic E-state index is 9.84. The smallest absolute Gasteiger partial charge is 0.135 e. The fraction of sp³-hybridized carbons (Fsp3) is 0.0164. The van der Waals surface area contributed by atoms with E-state index in [0.29, 0.717) is 22.5 Å². The summed E-state index contributed by atoms with van der Waals surface area (Å²) >= 11 is 0.